The van der Waals surface area contributed by atoms with Gasteiger partial charge in [0.05, 0.1) is 11.8 Å². The maximum absolute atomic E-state index is 8.50. The van der Waals surface area contributed by atoms with E-state index in [1.54, 1.807) is 4.90 Å². The van der Waals surface area contributed by atoms with E-state index >= 15 is 0 Å². The predicted octanol–water partition coefficient (Wildman–Crippen LogP) is 1.39. The topological polar surface area (TPSA) is 52.8 Å². The van der Waals surface area contributed by atoms with Gasteiger partial charge in [-0.2, -0.15) is 10.4 Å². The molecule has 0 bridgehead atoms. The SMILES string of the molecule is CCCc1ccc(N(C)CC#N)nn1. The van der Waals surface area contributed by atoms with Gasteiger partial charge in [0.15, 0.2) is 5.82 Å². The number of aryl methyl sites for hydroxylation is 1. The molecule has 0 aliphatic heterocycles. The van der Waals surface area contributed by atoms with Crippen LogP contribution >= 0.6 is 0 Å². The van der Waals surface area contributed by atoms with Crippen LogP contribution in [0, 0.1) is 11.3 Å². The Bertz CT molecular complexity index is 312. The number of anilines is 1. The Morgan fingerprint density at radius 3 is 2.71 bits per heavy atom. The van der Waals surface area contributed by atoms with Crippen molar-refractivity contribution >= 4 is 5.82 Å². The van der Waals surface area contributed by atoms with Crippen LogP contribution in [0.1, 0.15) is 19.0 Å². The van der Waals surface area contributed by atoms with Gasteiger partial charge in [0.1, 0.15) is 6.54 Å². The van der Waals surface area contributed by atoms with E-state index in [0.717, 1.165) is 24.4 Å². The van der Waals surface area contributed by atoms with Crippen LogP contribution in [0.3, 0.4) is 0 Å². The molecule has 0 saturated carbocycles. The molecule has 0 radical (unpaired) electrons. The summed E-state index contributed by atoms with van der Waals surface area (Å²) in [5.74, 6) is 0.742. The van der Waals surface area contributed by atoms with Crippen LogP contribution < -0.4 is 4.90 Å². The lowest BCUT2D eigenvalue weighted by molar-refractivity contribution is 0.826. The van der Waals surface area contributed by atoms with Crippen molar-refractivity contribution in [3.05, 3.63) is 17.8 Å². The molecular weight excluding hydrogens is 176 g/mol. The zero-order valence-corrected chi connectivity index (χ0v) is 8.56. The average Bonchev–Trinajstić information content (AvgIpc) is 2.20. The first-order valence-electron chi connectivity index (χ1n) is 4.68. The number of hydrogen-bond acceptors (Lipinski definition) is 4. The molecule has 1 aromatic rings. The minimum absolute atomic E-state index is 0.335. The van der Waals surface area contributed by atoms with Gasteiger partial charge >= 0.3 is 0 Å². The van der Waals surface area contributed by atoms with Crippen LogP contribution in [-0.2, 0) is 6.42 Å². The van der Waals surface area contributed by atoms with Crippen molar-refractivity contribution in [3.63, 3.8) is 0 Å². The molecule has 0 saturated heterocycles. The summed E-state index contributed by atoms with van der Waals surface area (Å²) < 4.78 is 0. The number of rotatable bonds is 4. The molecule has 0 aromatic carbocycles. The average molecular weight is 190 g/mol. The molecule has 1 rings (SSSR count). The van der Waals surface area contributed by atoms with Crippen molar-refractivity contribution in [3.8, 4) is 6.07 Å². The molecule has 0 atom stereocenters. The van der Waals surface area contributed by atoms with Gasteiger partial charge in [-0.05, 0) is 18.6 Å². The summed E-state index contributed by atoms with van der Waals surface area (Å²) in [6, 6.07) is 5.92. The van der Waals surface area contributed by atoms with Crippen molar-refractivity contribution < 1.29 is 0 Å². The summed E-state index contributed by atoms with van der Waals surface area (Å²) in [5, 5.41) is 16.6. The Hall–Kier alpha value is -1.63. The molecular formula is C10H14N4. The molecule has 4 nitrogen and oxygen atoms in total. The molecule has 0 spiro atoms. The van der Waals surface area contributed by atoms with Crippen LogP contribution in [0.5, 0.6) is 0 Å². The van der Waals surface area contributed by atoms with Crippen LogP contribution in [0.25, 0.3) is 0 Å². The molecule has 0 aliphatic carbocycles. The maximum atomic E-state index is 8.50. The van der Waals surface area contributed by atoms with Gasteiger partial charge in [0.2, 0.25) is 0 Å². The molecule has 4 heteroatoms. The van der Waals surface area contributed by atoms with Crippen LogP contribution in [0.2, 0.25) is 0 Å². The summed E-state index contributed by atoms with van der Waals surface area (Å²) >= 11 is 0. The Morgan fingerprint density at radius 1 is 1.43 bits per heavy atom. The second-order valence-corrected chi connectivity index (χ2v) is 3.15. The zero-order chi connectivity index (χ0) is 10.4. The molecule has 0 fully saturated rings. The molecule has 0 N–H and O–H groups in total. The molecule has 1 aromatic heterocycles. The third kappa shape index (κ3) is 2.70. The van der Waals surface area contributed by atoms with Crippen molar-refractivity contribution in [2.75, 3.05) is 18.5 Å². The van der Waals surface area contributed by atoms with E-state index in [9.17, 15) is 0 Å². The monoisotopic (exact) mass is 190 g/mol. The Balaban J connectivity index is 2.68. The standard InChI is InChI=1S/C10H14N4/c1-3-4-9-5-6-10(13-12-9)14(2)8-7-11/h5-6H,3-4,8H2,1-2H3. The number of nitrogens with zero attached hydrogens (tertiary/aromatic N) is 4. The summed E-state index contributed by atoms with van der Waals surface area (Å²) in [4.78, 5) is 1.77. The zero-order valence-electron chi connectivity index (χ0n) is 8.56. The minimum atomic E-state index is 0.335. The molecule has 1 heterocycles. The van der Waals surface area contributed by atoms with E-state index in [2.05, 4.69) is 23.2 Å². The van der Waals surface area contributed by atoms with Gasteiger partial charge in [-0.1, -0.05) is 13.3 Å². The van der Waals surface area contributed by atoms with Gasteiger partial charge in [-0.25, -0.2) is 0 Å². The van der Waals surface area contributed by atoms with Crippen LogP contribution in [0.4, 0.5) is 5.82 Å². The summed E-state index contributed by atoms with van der Waals surface area (Å²) in [6.07, 6.45) is 2.03. The highest BCUT2D eigenvalue weighted by atomic mass is 15.2. The highest BCUT2D eigenvalue weighted by molar-refractivity contribution is 5.37. The largest absolute Gasteiger partial charge is 0.345 e. The first-order chi connectivity index (χ1) is 6.77. The summed E-state index contributed by atoms with van der Waals surface area (Å²) in [5.41, 5.74) is 1.00. The molecule has 74 valence electrons. The fourth-order valence-electron chi connectivity index (χ4n) is 1.13. The van der Waals surface area contributed by atoms with E-state index in [0.29, 0.717) is 6.54 Å². The van der Waals surface area contributed by atoms with Gasteiger partial charge in [-0.15, -0.1) is 5.10 Å². The van der Waals surface area contributed by atoms with E-state index in [-0.39, 0.29) is 0 Å². The van der Waals surface area contributed by atoms with Gasteiger partial charge in [0, 0.05) is 7.05 Å². The predicted molar refractivity (Wildman–Crippen MR) is 54.9 cm³/mol. The normalized spacial score (nSPS) is 9.50. The second kappa shape index (κ2) is 5.18. The lowest BCUT2D eigenvalue weighted by atomic mass is 10.2. The van der Waals surface area contributed by atoms with Crippen molar-refractivity contribution in [1.29, 1.82) is 5.26 Å². The fraction of sp³-hybridized carbons (Fsp3) is 0.500. The molecule has 14 heavy (non-hydrogen) atoms. The van der Waals surface area contributed by atoms with Gasteiger partial charge in [-0.3, -0.25) is 0 Å². The van der Waals surface area contributed by atoms with E-state index < -0.39 is 0 Å². The third-order valence-electron chi connectivity index (χ3n) is 1.91. The van der Waals surface area contributed by atoms with E-state index in [1.165, 1.54) is 0 Å². The first kappa shape index (κ1) is 10.5. The quantitative estimate of drug-likeness (QED) is 0.673. The maximum Gasteiger partial charge on any atom is 0.151 e. The van der Waals surface area contributed by atoms with E-state index in [4.69, 9.17) is 5.26 Å². The lowest BCUT2D eigenvalue weighted by Crippen LogP contribution is -2.18. The second-order valence-electron chi connectivity index (χ2n) is 3.15. The molecule has 0 amide bonds. The first-order valence-corrected chi connectivity index (χ1v) is 4.68. The van der Waals surface area contributed by atoms with Crippen molar-refractivity contribution in [2.24, 2.45) is 0 Å². The molecule has 0 unspecified atom stereocenters. The van der Waals surface area contributed by atoms with Gasteiger partial charge < -0.3 is 4.90 Å². The van der Waals surface area contributed by atoms with Crippen LogP contribution in [0.15, 0.2) is 12.1 Å². The molecule has 0 aliphatic rings. The minimum Gasteiger partial charge on any atom is -0.345 e. The van der Waals surface area contributed by atoms with Crippen LogP contribution in [-0.4, -0.2) is 23.8 Å². The van der Waals surface area contributed by atoms with Crippen molar-refractivity contribution in [1.82, 2.24) is 10.2 Å². The van der Waals surface area contributed by atoms with E-state index in [1.807, 2.05) is 19.2 Å². The number of aromatic nitrogens is 2. The summed E-state index contributed by atoms with van der Waals surface area (Å²) in [7, 11) is 1.83. The lowest BCUT2D eigenvalue weighted by Gasteiger charge is -2.12. The Kier molecular flexibility index (Phi) is 3.86. The van der Waals surface area contributed by atoms with Gasteiger partial charge in [0.25, 0.3) is 0 Å². The van der Waals surface area contributed by atoms with Crippen molar-refractivity contribution in [2.45, 2.75) is 19.8 Å². The highest BCUT2D eigenvalue weighted by Gasteiger charge is 2.01. The fourth-order valence-corrected chi connectivity index (χ4v) is 1.13. The third-order valence-corrected chi connectivity index (χ3v) is 1.91. The Labute approximate surface area is 84.2 Å². The Morgan fingerprint density at radius 2 is 2.21 bits per heavy atom. The highest BCUT2D eigenvalue weighted by Crippen LogP contribution is 2.07. The summed E-state index contributed by atoms with van der Waals surface area (Å²) in [6.45, 7) is 2.44. The number of hydrogen-bond donors (Lipinski definition) is 0. The number of nitriles is 1. The smallest absolute Gasteiger partial charge is 0.151 e.